The summed E-state index contributed by atoms with van der Waals surface area (Å²) in [5.74, 6) is 1.02. The maximum Gasteiger partial charge on any atom is 0.124 e. The Labute approximate surface area is 118 Å². The minimum Gasteiger partial charge on any atom is -0.491 e. The lowest BCUT2D eigenvalue weighted by molar-refractivity contribution is 0.236. The highest BCUT2D eigenvalue weighted by atomic mass is 16.5. The van der Waals surface area contributed by atoms with E-state index < -0.39 is 0 Å². The van der Waals surface area contributed by atoms with Gasteiger partial charge in [0.2, 0.25) is 0 Å². The van der Waals surface area contributed by atoms with Crippen molar-refractivity contribution in [3.63, 3.8) is 0 Å². The van der Waals surface area contributed by atoms with E-state index in [1.165, 1.54) is 18.4 Å². The Hall–Kier alpha value is -1.02. The van der Waals surface area contributed by atoms with Gasteiger partial charge < -0.3 is 10.1 Å². The van der Waals surface area contributed by atoms with Crippen LogP contribution in [0, 0.1) is 0 Å². The molecule has 1 aromatic rings. The van der Waals surface area contributed by atoms with Crippen LogP contribution in [0.1, 0.15) is 65.5 Å². The number of hydrogen-bond acceptors (Lipinski definition) is 2. The van der Waals surface area contributed by atoms with Crippen molar-refractivity contribution in [2.24, 2.45) is 0 Å². The quantitative estimate of drug-likeness (QED) is 0.734. The summed E-state index contributed by atoms with van der Waals surface area (Å²) >= 11 is 0. The van der Waals surface area contributed by atoms with Crippen LogP contribution in [0.5, 0.6) is 5.75 Å². The SMILES string of the molecule is CCCCC(NC(C)C)c1ccccc1OC(C)C. The summed E-state index contributed by atoms with van der Waals surface area (Å²) in [4.78, 5) is 0. The van der Waals surface area contributed by atoms with Crippen LogP contribution in [-0.4, -0.2) is 12.1 Å². The van der Waals surface area contributed by atoms with Crippen molar-refractivity contribution in [3.8, 4) is 5.75 Å². The third kappa shape index (κ3) is 5.65. The van der Waals surface area contributed by atoms with Crippen LogP contribution >= 0.6 is 0 Å². The first-order chi connectivity index (χ1) is 9.04. The maximum absolute atomic E-state index is 5.95. The van der Waals surface area contributed by atoms with Crippen molar-refractivity contribution >= 4 is 0 Å². The van der Waals surface area contributed by atoms with Gasteiger partial charge in [-0.3, -0.25) is 0 Å². The van der Waals surface area contributed by atoms with Crippen molar-refractivity contribution < 1.29 is 4.74 Å². The molecule has 19 heavy (non-hydrogen) atoms. The van der Waals surface area contributed by atoms with Crippen molar-refractivity contribution in [1.29, 1.82) is 0 Å². The molecular formula is C17H29NO. The summed E-state index contributed by atoms with van der Waals surface area (Å²) in [6.07, 6.45) is 3.84. The molecule has 1 rings (SSSR count). The van der Waals surface area contributed by atoms with E-state index in [9.17, 15) is 0 Å². The lowest BCUT2D eigenvalue weighted by atomic mass is 9.99. The number of benzene rings is 1. The monoisotopic (exact) mass is 263 g/mol. The zero-order valence-corrected chi connectivity index (χ0v) is 13.1. The average molecular weight is 263 g/mol. The lowest BCUT2D eigenvalue weighted by Gasteiger charge is -2.24. The van der Waals surface area contributed by atoms with Crippen LogP contribution in [0.3, 0.4) is 0 Å². The first kappa shape index (κ1) is 16.0. The summed E-state index contributed by atoms with van der Waals surface area (Å²) in [5, 5.41) is 3.66. The number of para-hydroxylation sites is 1. The van der Waals surface area contributed by atoms with Crippen LogP contribution in [-0.2, 0) is 0 Å². The van der Waals surface area contributed by atoms with Gasteiger partial charge in [-0.1, -0.05) is 51.8 Å². The second-order valence-corrected chi connectivity index (χ2v) is 5.72. The first-order valence-corrected chi connectivity index (χ1v) is 7.56. The van der Waals surface area contributed by atoms with E-state index in [4.69, 9.17) is 4.74 Å². The Balaban J connectivity index is 2.92. The summed E-state index contributed by atoms with van der Waals surface area (Å²) in [7, 11) is 0. The molecule has 0 aromatic heterocycles. The molecule has 1 aromatic carbocycles. The largest absolute Gasteiger partial charge is 0.491 e. The van der Waals surface area contributed by atoms with Crippen molar-refractivity contribution in [1.82, 2.24) is 5.32 Å². The molecule has 108 valence electrons. The second-order valence-electron chi connectivity index (χ2n) is 5.72. The molecule has 0 heterocycles. The average Bonchev–Trinajstić information content (AvgIpc) is 2.34. The first-order valence-electron chi connectivity index (χ1n) is 7.56. The van der Waals surface area contributed by atoms with E-state index in [1.54, 1.807) is 0 Å². The van der Waals surface area contributed by atoms with Gasteiger partial charge in [-0.15, -0.1) is 0 Å². The molecular weight excluding hydrogens is 234 g/mol. The number of hydrogen-bond donors (Lipinski definition) is 1. The zero-order chi connectivity index (χ0) is 14.3. The lowest BCUT2D eigenvalue weighted by Crippen LogP contribution is -2.28. The minimum atomic E-state index is 0.215. The Morgan fingerprint density at radius 1 is 1.11 bits per heavy atom. The Bertz CT molecular complexity index is 360. The van der Waals surface area contributed by atoms with E-state index in [0.717, 1.165) is 12.2 Å². The third-order valence-corrected chi connectivity index (χ3v) is 3.04. The molecule has 0 radical (unpaired) electrons. The normalized spacial score (nSPS) is 13.0. The minimum absolute atomic E-state index is 0.215. The number of ether oxygens (including phenoxy) is 1. The molecule has 1 N–H and O–H groups in total. The molecule has 0 saturated heterocycles. The van der Waals surface area contributed by atoms with E-state index in [0.29, 0.717) is 12.1 Å². The van der Waals surface area contributed by atoms with E-state index in [-0.39, 0.29) is 6.10 Å². The fourth-order valence-electron chi connectivity index (χ4n) is 2.27. The van der Waals surface area contributed by atoms with Crippen LogP contribution in [0.2, 0.25) is 0 Å². The molecule has 1 unspecified atom stereocenters. The van der Waals surface area contributed by atoms with E-state index in [1.807, 2.05) is 6.07 Å². The van der Waals surface area contributed by atoms with Gasteiger partial charge in [0.1, 0.15) is 5.75 Å². The van der Waals surface area contributed by atoms with Gasteiger partial charge in [-0.25, -0.2) is 0 Å². The number of nitrogens with one attached hydrogen (secondary N) is 1. The molecule has 0 aliphatic rings. The highest BCUT2D eigenvalue weighted by Gasteiger charge is 2.16. The second kappa shape index (κ2) is 8.21. The maximum atomic E-state index is 5.95. The third-order valence-electron chi connectivity index (χ3n) is 3.04. The van der Waals surface area contributed by atoms with Gasteiger partial charge in [0.05, 0.1) is 6.10 Å². The highest BCUT2D eigenvalue weighted by molar-refractivity contribution is 5.36. The van der Waals surface area contributed by atoms with Crippen LogP contribution in [0.25, 0.3) is 0 Å². The molecule has 0 saturated carbocycles. The van der Waals surface area contributed by atoms with Crippen LogP contribution in [0.4, 0.5) is 0 Å². The van der Waals surface area contributed by atoms with E-state index >= 15 is 0 Å². The molecule has 0 aliphatic heterocycles. The van der Waals surface area contributed by atoms with Crippen LogP contribution in [0.15, 0.2) is 24.3 Å². The molecule has 2 heteroatoms. The fraction of sp³-hybridized carbons (Fsp3) is 0.647. The van der Waals surface area contributed by atoms with Crippen LogP contribution < -0.4 is 10.1 Å². The van der Waals surface area contributed by atoms with Crippen molar-refractivity contribution in [3.05, 3.63) is 29.8 Å². The summed E-state index contributed by atoms with van der Waals surface area (Å²) in [5.41, 5.74) is 1.29. The van der Waals surface area contributed by atoms with E-state index in [2.05, 4.69) is 58.1 Å². The smallest absolute Gasteiger partial charge is 0.124 e. The fourth-order valence-corrected chi connectivity index (χ4v) is 2.27. The van der Waals surface area contributed by atoms with Gasteiger partial charge in [0.15, 0.2) is 0 Å². The number of unbranched alkanes of at least 4 members (excludes halogenated alkanes) is 1. The van der Waals surface area contributed by atoms with Crippen molar-refractivity contribution in [2.75, 3.05) is 0 Å². The Morgan fingerprint density at radius 2 is 1.79 bits per heavy atom. The van der Waals surface area contributed by atoms with Gasteiger partial charge >= 0.3 is 0 Å². The molecule has 0 aliphatic carbocycles. The van der Waals surface area contributed by atoms with Gasteiger partial charge in [0.25, 0.3) is 0 Å². The van der Waals surface area contributed by atoms with Crippen molar-refractivity contribution in [2.45, 2.75) is 72.1 Å². The summed E-state index contributed by atoms with van der Waals surface area (Å²) in [6.45, 7) is 10.8. The Morgan fingerprint density at radius 3 is 2.37 bits per heavy atom. The summed E-state index contributed by atoms with van der Waals surface area (Å²) < 4.78 is 5.95. The standard InChI is InChI=1S/C17H29NO/c1-6-7-11-16(18-13(2)3)15-10-8-9-12-17(15)19-14(4)5/h8-10,12-14,16,18H,6-7,11H2,1-5H3. The van der Waals surface area contributed by atoms with Gasteiger partial charge in [0, 0.05) is 17.6 Å². The van der Waals surface area contributed by atoms with Gasteiger partial charge in [-0.2, -0.15) is 0 Å². The summed E-state index contributed by atoms with van der Waals surface area (Å²) in [6, 6.07) is 9.28. The van der Waals surface area contributed by atoms with Gasteiger partial charge in [-0.05, 0) is 26.3 Å². The Kier molecular flexibility index (Phi) is 6.93. The molecule has 0 bridgehead atoms. The number of rotatable bonds is 8. The highest BCUT2D eigenvalue weighted by Crippen LogP contribution is 2.29. The molecule has 0 spiro atoms. The molecule has 0 fully saturated rings. The predicted molar refractivity (Wildman–Crippen MR) is 82.7 cm³/mol. The predicted octanol–water partition coefficient (Wildman–Crippen LogP) is 4.70. The topological polar surface area (TPSA) is 21.3 Å². The molecule has 0 amide bonds. The zero-order valence-electron chi connectivity index (χ0n) is 13.1. The molecule has 2 nitrogen and oxygen atoms in total. The molecule has 1 atom stereocenters.